The Hall–Kier alpha value is -0.900. The van der Waals surface area contributed by atoms with E-state index in [-0.39, 0.29) is 5.41 Å². The molecule has 2 aliphatic rings. The fraction of sp³-hybridized carbons (Fsp3) is 0.875. The smallest absolute Gasteiger partial charge is 0.153 e. The van der Waals surface area contributed by atoms with Crippen LogP contribution in [0.2, 0.25) is 0 Å². The average molecular weight is 276 g/mol. The Bertz CT molecular complexity index is 459. The summed E-state index contributed by atoms with van der Waals surface area (Å²) in [5, 5.41) is 7.76. The number of H-pyrrole nitrogens is 1. The van der Waals surface area contributed by atoms with Crippen LogP contribution in [0.1, 0.15) is 82.8 Å². The van der Waals surface area contributed by atoms with E-state index in [1.165, 1.54) is 25.7 Å². The normalized spacial score (nSPS) is 34.5. The molecule has 0 radical (unpaired) electrons. The maximum absolute atomic E-state index is 6.25. The lowest BCUT2D eigenvalue weighted by atomic mass is 9.61. The Morgan fingerprint density at radius 3 is 2.55 bits per heavy atom. The molecular weight excluding hydrogens is 248 g/mol. The zero-order valence-electron chi connectivity index (χ0n) is 13.0. The first-order valence-corrected chi connectivity index (χ1v) is 8.18. The van der Waals surface area contributed by atoms with Gasteiger partial charge in [0.05, 0.1) is 0 Å². The summed E-state index contributed by atoms with van der Waals surface area (Å²) in [5.41, 5.74) is 6.44. The Balaban J connectivity index is 1.81. The van der Waals surface area contributed by atoms with Gasteiger partial charge in [0, 0.05) is 17.9 Å². The standard InChI is InChI=1S/C16H28N4/c1-10-13(17)9-8-12(16(10,2)3)15-18-14(19-20-15)11-6-4-5-7-11/h10-13H,4-9,17H2,1-3H3,(H,18,19,20). The number of rotatable bonds is 2. The predicted molar refractivity (Wildman–Crippen MR) is 80.5 cm³/mol. The largest absolute Gasteiger partial charge is 0.327 e. The second kappa shape index (κ2) is 5.14. The number of aromatic nitrogens is 3. The van der Waals surface area contributed by atoms with E-state index in [2.05, 4.69) is 31.0 Å². The van der Waals surface area contributed by atoms with Crippen LogP contribution < -0.4 is 5.73 Å². The van der Waals surface area contributed by atoms with Crippen molar-refractivity contribution in [2.75, 3.05) is 0 Å². The molecule has 1 heterocycles. The second-order valence-corrected chi connectivity index (χ2v) is 7.46. The number of nitrogens with zero attached hydrogens (tertiary/aromatic N) is 2. The Morgan fingerprint density at radius 1 is 1.15 bits per heavy atom. The van der Waals surface area contributed by atoms with E-state index < -0.39 is 0 Å². The van der Waals surface area contributed by atoms with E-state index in [0.29, 0.717) is 23.8 Å². The van der Waals surface area contributed by atoms with Crippen molar-refractivity contribution >= 4 is 0 Å². The van der Waals surface area contributed by atoms with E-state index in [4.69, 9.17) is 10.7 Å². The van der Waals surface area contributed by atoms with Crippen LogP contribution in [-0.4, -0.2) is 21.2 Å². The van der Waals surface area contributed by atoms with Crippen molar-refractivity contribution in [3.05, 3.63) is 11.6 Å². The summed E-state index contributed by atoms with van der Waals surface area (Å²) in [6, 6.07) is 0.318. The SMILES string of the molecule is CC1C(N)CCC(c2nc(C3CCCC3)n[nH]2)C1(C)C. The molecule has 0 bridgehead atoms. The van der Waals surface area contributed by atoms with E-state index in [1.54, 1.807) is 0 Å². The van der Waals surface area contributed by atoms with Gasteiger partial charge in [-0.1, -0.05) is 33.6 Å². The zero-order chi connectivity index (χ0) is 14.3. The predicted octanol–water partition coefficient (Wildman–Crippen LogP) is 3.33. The van der Waals surface area contributed by atoms with Gasteiger partial charge in [-0.2, -0.15) is 5.10 Å². The molecule has 1 aromatic rings. The Kier molecular flexibility index (Phi) is 3.61. The highest BCUT2D eigenvalue weighted by atomic mass is 15.2. The van der Waals surface area contributed by atoms with E-state index >= 15 is 0 Å². The molecule has 2 saturated carbocycles. The van der Waals surface area contributed by atoms with Gasteiger partial charge in [0.25, 0.3) is 0 Å². The van der Waals surface area contributed by atoms with Crippen LogP contribution in [0.15, 0.2) is 0 Å². The first kappa shape index (κ1) is 14.1. The lowest BCUT2D eigenvalue weighted by molar-refractivity contribution is 0.0949. The van der Waals surface area contributed by atoms with E-state index in [1.807, 2.05) is 0 Å². The minimum absolute atomic E-state index is 0.185. The molecule has 3 unspecified atom stereocenters. The molecule has 20 heavy (non-hydrogen) atoms. The lowest BCUT2D eigenvalue weighted by Gasteiger charge is -2.45. The Morgan fingerprint density at radius 2 is 1.85 bits per heavy atom. The van der Waals surface area contributed by atoms with Gasteiger partial charge in [-0.05, 0) is 37.0 Å². The summed E-state index contributed by atoms with van der Waals surface area (Å²) in [4.78, 5) is 4.86. The topological polar surface area (TPSA) is 67.6 Å². The molecule has 3 atom stereocenters. The van der Waals surface area contributed by atoms with Crippen LogP contribution in [0.3, 0.4) is 0 Å². The summed E-state index contributed by atoms with van der Waals surface area (Å²) in [5.74, 6) is 3.71. The number of nitrogens with two attached hydrogens (primary N) is 1. The van der Waals surface area contributed by atoms with Crippen molar-refractivity contribution in [2.45, 2.75) is 77.2 Å². The minimum Gasteiger partial charge on any atom is -0.327 e. The quantitative estimate of drug-likeness (QED) is 0.870. The third-order valence-electron chi connectivity index (χ3n) is 6.07. The molecular formula is C16H28N4. The molecule has 3 N–H and O–H groups in total. The molecule has 4 heteroatoms. The van der Waals surface area contributed by atoms with Crippen LogP contribution in [0.25, 0.3) is 0 Å². The number of nitrogens with one attached hydrogen (secondary N) is 1. The van der Waals surface area contributed by atoms with Gasteiger partial charge in [0.1, 0.15) is 5.82 Å². The highest BCUT2D eigenvalue weighted by Crippen LogP contribution is 2.49. The highest BCUT2D eigenvalue weighted by molar-refractivity contribution is 5.10. The first-order chi connectivity index (χ1) is 9.50. The minimum atomic E-state index is 0.185. The summed E-state index contributed by atoms with van der Waals surface area (Å²) in [7, 11) is 0. The Labute approximate surface area is 121 Å². The monoisotopic (exact) mass is 276 g/mol. The first-order valence-electron chi connectivity index (χ1n) is 8.18. The number of aromatic amines is 1. The van der Waals surface area contributed by atoms with Gasteiger partial charge in [0.2, 0.25) is 0 Å². The van der Waals surface area contributed by atoms with Crippen molar-refractivity contribution in [3.63, 3.8) is 0 Å². The summed E-state index contributed by atoms with van der Waals surface area (Å²) < 4.78 is 0. The molecule has 4 nitrogen and oxygen atoms in total. The molecule has 3 rings (SSSR count). The highest BCUT2D eigenvalue weighted by Gasteiger charge is 2.43. The maximum Gasteiger partial charge on any atom is 0.153 e. The van der Waals surface area contributed by atoms with Crippen LogP contribution in [-0.2, 0) is 0 Å². The van der Waals surface area contributed by atoms with Gasteiger partial charge >= 0.3 is 0 Å². The van der Waals surface area contributed by atoms with Gasteiger partial charge in [0.15, 0.2) is 5.82 Å². The average Bonchev–Trinajstić information content (AvgIpc) is 3.06. The molecule has 0 aliphatic heterocycles. The third kappa shape index (κ3) is 2.28. The van der Waals surface area contributed by atoms with Gasteiger partial charge in [-0.25, -0.2) is 4.98 Å². The van der Waals surface area contributed by atoms with Crippen molar-refractivity contribution < 1.29 is 0 Å². The second-order valence-electron chi connectivity index (χ2n) is 7.46. The van der Waals surface area contributed by atoms with E-state index in [0.717, 1.165) is 24.5 Å². The number of hydrogen-bond acceptors (Lipinski definition) is 3. The molecule has 2 aliphatic carbocycles. The van der Waals surface area contributed by atoms with Crippen LogP contribution in [0, 0.1) is 11.3 Å². The van der Waals surface area contributed by atoms with Gasteiger partial charge in [-0.3, -0.25) is 5.10 Å². The van der Waals surface area contributed by atoms with Crippen molar-refractivity contribution in [1.82, 2.24) is 15.2 Å². The van der Waals surface area contributed by atoms with Gasteiger partial charge < -0.3 is 5.73 Å². The van der Waals surface area contributed by atoms with Crippen LogP contribution >= 0.6 is 0 Å². The molecule has 1 aromatic heterocycles. The van der Waals surface area contributed by atoms with Crippen molar-refractivity contribution in [3.8, 4) is 0 Å². The van der Waals surface area contributed by atoms with Crippen molar-refractivity contribution in [1.29, 1.82) is 0 Å². The molecule has 0 spiro atoms. The summed E-state index contributed by atoms with van der Waals surface area (Å²) in [6.07, 6.45) is 7.39. The fourth-order valence-corrected chi connectivity index (χ4v) is 4.15. The summed E-state index contributed by atoms with van der Waals surface area (Å²) >= 11 is 0. The van der Waals surface area contributed by atoms with E-state index in [9.17, 15) is 0 Å². The molecule has 0 amide bonds. The van der Waals surface area contributed by atoms with Crippen LogP contribution in [0.5, 0.6) is 0 Å². The lowest BCUT2D eigenvalue weighted by Crippen LogP contribution is -2.46. The van der Waals surface area contributed by atoms with Crippen LogP contribution in [0.4, 0.5) is 0 Å². The number of hydrogen-bond donors (Lipinski definition) is 2. The third-order valence-corrected chi connectivity index (χ3v) is 6.07. The molecule has 2 fully saturated rings. The fourth-order valence-electron chi connectivity index (χ4n) is 4.15. The molecule has 0 aromatic carbocycles. The molecule has 112 valence electrons. The molecule has 0 saturated heterocycles. The van der Waals surface area contributed by atoms with Gasteiger partial charge in [-0.15, -0.1) is 0 Å². The maximum atomic E-state index is 6.25. The summed E-state index contributed by atoms with van der Waals surface area (Å²) in [6.45, 7) is 6.95. The zero-order valence-corrected chi connectivity index (χ0v) is 13.0. The van der Waals surface area contributed by atoms with Crippen molar-refractivity contribution in [2.24, 2.45) is 17.1 Å².